The van der Waals surface area contributed by atoms with E-state index >= 15 is 0 Å². The van der Waals surface area contributed by atoms with Crippen LogP contribution in [0, 0.1) is 0 Å². The van der Waals surface area contributed by atoms with E-state index in [1.807, 2.05) is 49.2 Å². The van der Waals surface area contributed by atoms with Gasteiger partial charge in [0.2, 0.25) is 0 Å². The molecule has 1 heterocycles. The van der Waals surface area contributed by atoms with Gasteiger partial charge in [0.05, 0.1) is 12.1 Å². The second kappa shape index (κ2) is 3.93. The quantitative estimate of drug-likeness (QED) is 0.715. The highest BCUT2D eigenvalue weighted by molar-refractivity contribution is 5.23. The Labute approximate surface area is 90.0 Å². The summed E-state index contributed by atoms with van der Waals surface area (Å²) in [6.45, 7) is 1.93. The predicted molar refractivity (Wildman–Crippen MR) is 58.4 cm³/mol. The van der Waals surface area contributed by atoms with Crippen molar-refractivity contribution >= 4 is 0 Å². The van der Waals surface area contributed by atoms with Gasteiger partial charge in [-0.3, -0.25) is 4.90 Å². The van der Waals surface area contributed by atoms with Gasteiger partial charge in [0.1, 0.15) is 6.10 Å². The molecular formula is C12H17NO2. The van der Waals surface area contributed by atoms with E-state index in [1.165, 1.54) is 0 Å². The number of hydrogen-bond acceptors (Lipinski definition) is 3. The number of benzene rings is 1. The van der Waals surface area contributed by atoms with E-state index in [-0.39, 0.29) is 12.1 Å². The van der Waals surface area contributed by atoms with E-state index in [0.29, 0.717) is 0 Å². The van der Waals surface area contributed by atoms with E-state index in [9.17, 15) is 10.2 Å². The molecule has 82 valence electrons. The van der Waals surface area contributed by atoms with Gasteiger partial charge in [-0.25, -0.2) is 0 Å². The van der Waals surface area contributed by atoms with Crippen LogP contribution in [0.5, 0.6) is 0 Å². The van der Waals surface area contributed by atoms with Gasteiger partial charge in [-0.05, 0) is 19.5 Å². The maximum absolute atomic E-state index is 9.96. The molecule has 1 aromatic carbocycles. The zero-order valence-corrected chi connectivity index (χ0v) is 9.04. The van der Waals surface area contributed by atoms with E-state index in [0.717, 1.165) is 5.56 Å². The normalized spacial score (nSPS) is 37.1. The van der Waals surface area contributed by atoms with Gasteiger partial charge >= 0.3 is 0 Å². The summed E-state index contributed by atoms with van der Waals surface area (Å²) >= 11 is 0. The molecule has 0 radical (unpaired) electrons. The first-order chi connectivity index (χ1) is 7.13. The lowest BCUT2D eigenvalue weighted by Crippen LogP contribution is -2.30. The molecule has 1 aliphatic rings. The molecule has 1 saturated heterocycles. The van der Waals surface area contributed by atoms with Crippen LogP contribution < -0.4 is 0 Å². The lowest BCUT2D eigenvalue weighted by Gasteiger charge is -2.24. The Morgan fingerprint density at radius 1 is 1.07 bits per heavy atom. The van der Waals surface area contributed by atoms with Crippen LogP contribution in [0.25, 0.3) is 0 Å². The maximum atomic E-state index is 9.96. The first-order valence-corrected chi connectivity index (χ1v) is 5.26. The lowest BCUT2D eigenvalue weighted by atomic mass is 10.0. The molecule has 0 unspecified atom stereocenters. The minimum atomic E-state index is -0.701. The molecule has 15 heavy (non-hydrogen) atoms. The summed E-state index contributed by atoms with van der Waals surface area (Å²) in [5.74, 6) is 0. The van der Waals surface area contributed by atoms with Crippen molar-refractivity contribution in [3.63, 3.8) is 0 Å². The molecule has 3 nitrogen and oxygen atoms in total. The van der Waals surface area contributed by atoms with E-state index in [4.69, 9.17) is 0 Å². The molecular weight excluding hydrogens is 190 g/mol. The Morgan fingerprint density at radius 2 is 1.67 bits per heavy atom. The zero-order valence-electron chi connectivity index (χ0n) is 9.04. The first-order valence-electron chi connectivity index (χ1n) is 5.26. The second-order valence-corrected chi connectivity index (χ2v) is 4.24. The average molecular weight is 207 g/mol. The van der Waals surface area contributed by atoms with Crippen LogP contribution in [-0.2, 0) is 0 Å². The van der Waals surface area contributed by atoms with Crippen molar-refractivity contribution < 1.29 is 10.2 Å². The van der Waals surface area contributed by atoms with Crippen LogP contribution in [0.15, 0.2) is 30.3 Å². The first kappa shape index (κ1) is 10.6. The maximum Gasteiger partial charge on any atom is 0.101 e. The van der Waals surface area contributed by atoms with Gasteiger partial charge < -0.3 is 10.2 Å². The van der Waals surface area contributed by atoms with Crippen molar-refractivity contribution in [3.8, 4) is 0 Å². The SMILES string of the molecule is C[C@@H]1[C@@H](O)[C@H](O)[C@@H](c2ccccc2)N1C. The summed E-state index contributed by atoms with van der Waals surface area (Å²) in [5.41, 5.74) is 1.05. The third kappa shape index (κ3) is 1.67. The van der Waals surface area contributed by atoms with Gasteiger partial charge in [-0.15, -0.1) is 0 Å². The highest BCUT2D eigenvalue weighted by Gasteiger charge is 2.43. The van der Waals surface area contributed by atoms with E-state index < -0.39 is 12.2 Å². The fourth-order valence-electron chi connectivity index (χ4n) is 2.29. The Morgan fingerprint density at radius 3 is 2.13 bits per heavy atom. The smallest absolute Gasteiger partial charge is 0.101 e. The van der Waals surface area contributed by atoms with Crippen LogP contribution in [0.1, 0.15) is 18.5 Å². The van der Waals surface area contributed by atoms with Crippen molar-refractivity contribution in [2.45, 2.75) is 31.2 Å². The number of aliphatic hydroxyl groups is 2. The number of likely N-dealkylation sites (tertiary alicyclic amines) is 1. The molecule has 0 aliphatic carbocycles. The minimum Gasteiger partial charge on any atom is -0.389 e. The number of hydrogen-bond donors (Lipinski definition) is 2. The summed E-state index contributed by atoms with van der Waals surface area (Å²) in [6.07, 6.45) is -1.37. The van der Waals surface area contributed by atoms with Crippen LogP contribution >= 0.6 is 0 Å². The fourth-order valence-corrected chi connectivity index (χ4v) is 2.29. The topological polar surface area (TPSA) is 43.7 Å². The Balaban J connectivity index is 2.30. The number of likely N-dealkylation sites (N-methyl/N-ethyl adjacent to an activating group) is 1. The fraction of sp³-hybridized carbons (Fsp3) is 0.500. The third-order valence-electron chi connectivity index (χ3n) is 3.39. The summed E-state index contributed by atoms with van der Waals surface area (Å²) in [5, 5.41) is 19.7. The van der Waals surface area contributed by atoms with Crippen molar-refractivity contribution in [2.75, 3.05) is 7.05 Å². The predicted octanol–water partition coefficient (Wildman–Crippen LogP) is 0.783. The molecule has 4 atom stereocenters. The highest BCUT2D eigenvalue weighted by Crippen LogP contribution is 2.34. The molecule has 0 saturated carbocycles. The average Bonchev–Trinajstić information content (AvgIpc) is 2.45. The van der Waals surface area contributed by atoms with Gasteiger partial charge in [0.15, 0.2) is 0 Å². The molecule has 0 amide bonds. The Hall–Kier alpha value is -0.900. The van der Waals surface area contributed by atoms with Crippen LogP contribution in [-0.4, -0.2) is 40.4 Å². The van der Waals surface area contributed by atoms with Gasteiger partial charge in [-0.1, -0.05) is 30.3 Å². The summed E-state index contributed by atoms with van der Waals surface area (Å²) < 4.78 is 0. The van der Waals surface area contributed by atoms with Gasteiger partial charge in [0, 0.05) is 6.04 Å². The molecule has 2 rings (SSSR count). The van der Waals surface area contributed by atoms with Crippen LogP contribution in [0.3, 0.4) is 0 Å². The molecule has 0 bridgehead atoms. The van der Waals surface area contributed by atoms with Crippen molar-refractivity contribution in [1.82, 2.24) is 4.90 Å². The summed E-state index contributed by atoms with van der Waals surface area (Å²) in [6, 6.07) is 9.70. The number of nitrogens with zero attached hydrogens (tertiary/aromatic N) is 1. The second-order valence-electron chi connectivity index (χ2n) is 4.24. The standard InChI is InChI=1S/C12H17NO2/c1-8-11(14)12(15)10(13(8)2)9-6-4-3-5-7-9/h3-8,10-12,14-15H,1-2H3/t8-,10-,11-,12-/m1/s1. The molecule has 0 aromatic heterocycles. The Kier molecular flexibility index (Phi) is 2.78. The van der Waals surface area contributed by atoms with Crippen LogP contribution in [0.2, 0.25) is 0 Å². The number of aliphatic hydroxyl groups excluding tert-OH is 2. The number of rotatable bonds is 1. The van der Waals surface area contributed by atoms with Gasteiger partial charge in [0.25, 0.3) is 0 Å². The molecule has 3 heteroatoms. The van der Waals surface area contributed by atoms with E-state index in [1.54, 1.807) is 0 Å². The molecule has 2 N–H and O–H groups in total. The minimum absolute atomic E-state index is 0.00907. The highest BCUT2D eigenvalue weighted by atomic mass is 16.3. The molecule has 1 aromatic rings. The molecule has 1 fully saturated rings. The van der Waals surface area contributed by atoms with Crippen molar-refractivity contribution in [2.24, 2.45) is 0 Å². The van der Waals surface area contributed by atoms with Crippen molar-refractivity contribution in [1.29, 1.82) is 0 Å². The van der Waals surface area contributed by atoms with Crippen LogP contribution in [0.4, 0.5) is 0 Å². The third-order valence-corrected chi connectivity index (χ3v) is 3.39. The Bertz CT molecular complexity index is 314. The molecule has 0 spiro atoms. The summed E-state index contributed by atoms with van der Waals surface area (Å²) in [7, 11) is 1.93. The summed E-state index contributed by atoms with van der Waals surface area (Å²) in [4.78, 5) is 2.02. The monoisotopic (exact) mass is 207 g/mol. The van der Waals surface area contributed by atoms with Gasteiger partial charge in [-0.2, -0.15) is 0 Å². The largest absolute Gasteiger partial charge is 0.389 e. The van der Waals surface area contributed by atoms with Crippen molar-refractivity contribution in [3.05, 3.63) is 35.9 Å². The zero-order chi connectivity index (χ0) is 11.0. The molecule has 1 aliphatic heterocycles. The lowest BCUT2D eigenvalue weighted by molar-refractivity contribution is 0.0300. The van der Waals surface area contributed by atoms with E-state index in [2.05, 4.69) is 0 Å².